The third-order valence-electron chi connectivity index (χ3n) is 2.73. The molecule has 6 heteroatoms. The normalized spacial score (nSPS) is 20.5. The summed E-state index contributed by atoms with van der Waals surface area (Å²) in [5.41, 5.74) is 0. The maximum Gasteiger partial charge on any atom is 0.326 e. The Hall–Kier alpha value is -1.04. The minimum absolute atomic E-state index is 0.307. The van der Waals surface area contributed by atoms with Crippen LogP contribution < -0.4 is 5.32 Å². The summed E-state index contributed by atoms with van der Waals surface area (Å²) in [4.78, 5) is 24.4. The van der Waals surface area contributed by atoms with Crippen LogP contribution in [0.15, 0.2) is 11.1 Å². The number of aliphatic carboxylic acids is 1. The summed E-state index contributed by atoms with van der Waals surface area (Å²) >= 11 is 3.14. The largest absolute Gasteiger partial charge is 0.480 e. The summed E-state index contributed by atoms with van der Waals surface area (Å²) in [5.74, 6) is -0.931. The second-order valence-corrected chi connectivity index (χ2v) is 5.19. The number of likely N-dealkylation sites (tertiary alicyclic amines) is 1. The number of nitrogens with zero attached hydrogens (tertiary/aromatic N) is 1. The molecule has 1 heterocycles. The maximum absolute atomic E-state index is 11.9. The molecule has 0 saturated carbocycles. The van der Waals surface area contributed by atoms with Crippen molar-refractivity contribution in [2.45, 2.75) is 31.7 Å². The predicted octanol–water partition coefficient (Wildman–Crippen LogP) is 1.93. The first-order valence-electron chi connectivity index (χ1n) is 5.63. The van der Waals surface area contributed by atoms with Gasteiger partial charge in [-0.2, -0.15) is 0 Å². The molecule has 1 aliphatic rings. The van der Waals surface area contributed by atoms with Crippen molar-refractivity contribution in [3.05, 3.63) is 11.1 Å². The van der Waals surface area contributed by atoms with Crippen LogP contribution in [0, 0.1) is 0 Å². The summed E-state index contributed by atoms with van der Waals surface area (Å²) in [5, 5.41) is 11.8. The highest BCUT2D eigenvalue weighted by molar-refractivity contribution is 9.11. The van der Waals surface area contributed by atoms with Gasteiger partial charge in [-0.05, 0) is 12.8 Å². The van der Waals surface area contributed by atoms with Gasteiger partial charge in [-0.3, -0.25) is 0 Å². The van der Waals surface area contributed by atoms with E-state index in [1.807, 2.05) is 0 Å². The number of carbonyl (C=O) groups is 2. The fraction of sp³-hybridized carbons (Fsp3) is 0.636. The molecule has 1 aliphatic heterocycles. The number of carboxylic acid groups (broad SMARTS) is 1. The van der Waals surface area contributed by atoms with E-state index in [1.165, 1.54) is 4.90 Å². The van der Waals surface area contributed by atoms with Gasteiger partial charge >= 0.3 is 12.0 Å². The maximum atomic E-state index is 11.9. The van der Waals surface area contributed by atoms with Gasteiger partial charge in [0.1, 0.15) is 6.04 Å². The first kappa shape index (κ1) is 14.0. The van der Waals surface area contributed by atoms with Crippen LogP contribution in [0.2, 0.25) is 0 Å². The molecule has 1 fully saturated rings. The molecule has 0 spiro atoms. The first-order valence-corrected chi connectivity index (χ1v) is 6.42. The molecule has 17 heavy (non-hydrogen) atoms. The molecule has 0 radical (unpaired) electrons. The summed E-state index contributed by atoms with van der Waals surface area (Å²) in [7, 11) is 0. The zero-order valence-corrected chi connectivity index (χ0v) is 11.2. The van der Waals surface area contributed by atoms with E-state index in [0.29, 0.717) is 24.0 Å². The van der Waals surface area contributed by atoms with Crippen LogP contribution in [-0.4, -0.2) is 41.1 Å². The van der Waals surface area contributed by atoms with Gasteiger partial charge in [0.05, 0.1) is 6.54 Å². The molecule has 0 aromatic heterocycles. The third kappa shape index (κ3) is 4.38. The van der Waals surface area contributed by atoms with Crippen LogP contribution in [0.25, 0.3) is 0 Å². The molecule has 2 amide bonds. The molecular weight excluding hydrogens is 288 g/mol. The van der Waals surface area contributed by atoms with Crippen LogP contribution in [0.5, 0.6) is 0 Å². The van der Waals surface area contributed by atoms with Gasteiger partial charge in [-0.15, -0.1) is 0 Å². The summed E-state index contributed by atoms with van der Waals surface area (Å²) in [6, 6.07) is -1.04. The van der Waals surface area contributed by atoms with Crippen LogP contribution in [0.1, 0.15) is 25.7 Å². The number of rotatable bonds is 3. The number of carboxylic acids is 1. The Kier molecular flexibility index (Phi) is 5.47. The molecule has 0 aromatic carbocycles. The third-order valence-corrected chi connectivity index (χ3v) is 3.01. The van der Waals surface area contributed by atoms with Crippen LogP contribution in [0.4, 0.5) is 4.79 Å². The fourth-order valence-electron chi connectivity index (χ4n) is 1.88. The lowest BCUT2D eigenvalue weighted by atomic mass is 10.1. The second kappa shape index (κ2) is 6.64. The molecule has 5 nitrogen and oxygen atoms in total. The topological polar surface area (TPSA) is 69.6 Å². The molecule has 0 aromatic rings. The Morgan fingerprint density at radius 3 is 2.71 bits per heavy atom. The van der Waals surface area contributed by atoms with Crippen molar-refractivity contribution >= 4 is 27.9 Å². The first-order chi connectivity index (χ1) is 8.02. The van der Waals surface area contributed by atoms with Gasteiger partial charge in [-0.25, -0.2) is 9.59 Å². The highest BCUT2D eigenvalue weighted by Crippen LogP contribution is 2.17. The number of hydrogen-bond donors (Lipinski definition) is 2. The zero-order valence-electron chi connectivity index (χ0n) is 9.62. The molecule has 2 N–H and O–H groups in total. The van der Waals surface area contributed by atoms with Crippen molar-refractivity contribution in [3.8, 4) is 0 Å². The average Bonchev–Trinajstić information content (AvgIpc) is 2.50. The monoisotopic (exact) mass is 304 g/mol. The van der Waals surface area contributed by atoms with Crippen molar-refractivity contribution < 1.29 is 14.7 Å². The highest BCUT2D eigenvalue weighted by atomic mass is 79.9. The smallest absolute Gasteiger partial charge is 0.326 e. The zero-order chi connectivity index (χ0) is 12.8. The van der Waals surface area contributed by atoms with Crippen molar-refractivity contribution in [2.24, 2.45) is 0 Å². The molecular formula is C11H17BrN2O3. The van der Waals surface area contributed by atoms with E-state index < -0.39 is 12.0 Å². The van der Waals surface area contributed by atoms with E-state index in [9.17, 15) is 9.59 Å². The van der Waals surface area contributed by atoms with E-state index >= 15 is 0 Å². The van der Waals surface area contributed by atoms with Crippen LogP contribution in [0.3, 0.4) is 0 Å². The summed E-state index contributed by atoms with van der Waals surface area (Å²) in [6.07, 6.45) is 3.20. The van der Waals surface area contributed by atoms with E-state index in [0.717, 1.165) is 19.3 Å². The lowest BCUT2D eigenvalue weighted by molar-refractivity contribution is -0.142. The Bertz CT molecular complexity index is 320. The SMILES string of the molecule is C=C(Br)CNC(=O)N1CCCCCC1C(=O)O. The molecule has 1 rings (SSSR count). The van der Waals surface area contributed by atoms with Gasteiger partial charge in [0, 0.05) is 11.0 Å². The number of nitrogens with one attached hydrogen (secondary N) is 1. The Morgan fingerprint density at radius 1 is 1.41 bits per heavy atom. The van der Waals surface area contributed by atoms with Gasteiger partial charge in [0.15, 0.2) is 0 Å². The molecule has 0 bridgehead atoms. The average molecular weight is 305 g/mol. The van der Waals surface area contributed by atoms with Gasteiger partial charge in [-0.1, -0.05) is 35.4 Å². The Balaban J connectivity index is 2.65. The van der Waals surface area contributed by atoms with E-state index in [-0.39, 0.29) is 6.03 Å². The number of amides is 2. The molecule has 1 atom stereocenters. The molecule has 0 aliphatic carbocycles. The number of urea groups is 1. The molecule has 1 unspecified atom stereocenters. The number of carbonyl (C=O) groups excluding carboxylic acids is 1. The van der Waals surface area contributed by atoms with E-state index in [1.54, 1.807) is 0 Å². The van der Waals surface area contributed by atoms with Crippen LogP contribution >= 0.6 is 15.9 Å². The lowest BCUT2D eigenvalue weighted by Crippen LogP contribution is -2.49. The van der Waals surface area contributed by atoms with Gasteiger partial charge in [0.2, 0.25) is 0 Å². The van der Waals surface area contributed by atoms with E-state index in [4.69, 9.17) is 5.11 Å². The molecule has 1 saturated heterocycles. The summed E-state index contributed by atoms with van der Waals surface area (Å²) < 4.78 is 0.660. The van der Waals surface area contributed by atoms with Crippen LogP contribution in [-0.2, 0) is 4.79 Å². The lowest BCUT2D eigenvalue weighted by Gasteiger charge is -2.27. The summed E-state index contributed by atoms with van der Waals surface area (Å²) in [6.45, 7) is 4.42. The highest BCUT2D eigenvalue weighted by Gasteiger charge is 2.30. The second-order valence-electron chi connectivity index (χ2n) is 4.07. The van der Waals surface area contributed by atoms with Crippen molar-refractivity contribution in [1.82, 2.24) is 10.2 Å². The van der Waals surface area contributed by atoms with Gasteiger partial charge in [0.25, 0.3) is 0 Å². The van der Waals surface area contributed by atoms with Crippen molar-refractivity contribution in [2.75, 3.05) is 13.1 Å². The quantitative estimate of drug-likeness (QED) is 0.837. The minimum Gasteiger partial charge on any atom is -0.480 e. The van der Waals surface area contributed by atoms with Crippen molar-refractivity contribution in [1.29, 1.82) is 0 Å². The number of halogens is 1. The predicted molar refractivity (Wildman–Crippen MR) is 68.1 cm³/mol. The Labute approximate surface area is 109 Å². The standard InChI is InChI=1S/C11H17BrN2O3/c1-8(12)7-13-11(17)14-6-4-2-3-5-9(14)10(15)16/h9H,1-7H2,(H,13,17)(H,15,16). The van der Waals surface area contributed by atoms with Gasteiger partial charge < -0.3 is 15.3 Å². The number of hydrogen-bond acceptors (Lipinski definition) is 2. The minimum atomic E-state index is -0.931. The fourth-order valence-corrected chi connectivity index (χ4v) is 2.02. The van der Waals surface area contributed by atoms with E-state index in [2.05, 4.69) is 27.8 Å². The molecule has 96 valence electrons. The van der Waals surface area contributed by atoms with Crippen molar-refractivity contribution in [3.63, 3.8) is 0 Å². The Morgan fingerprint density at radius 2 is 2.12 bits per heavy atom.